The highest BCUT2D eigenvalue weighted by molar-refractivity contribution is 7.13. The number of hydrogen-bond acceptors (Lipinski definition) is 5. The van der Waals surface area contributed by atoms with E-state index in [0.29, 0.717) is 11.6 Å². The molecule has 138 valence electrons. The van der Waals surface area contributed by atoms with Gasteiger partial charge in [-0.05, 0) is 42.4 Å². The molecule has 0 saturated carbocycles. The number of nitrogens with zero attached hydrogens (tertiary/aromatic N) is 2. The SMILES string of the molecule is O=C(Cc1ccc2c(c1)CCCC2)Nc1nc(CN2CCOCC2)cs1. The van der Waals surface area contributed by atoms with Crippen LogP contribution in [0.25, 0.3) is 0 Å². The number of fused-ring (bicyclic) bond motifs is 1. The Labute approximate surface area is 158 Å². The molecule has 2 aliphatic rings. The quantitative estimate of drug-likeness (QED) is 0.878. The fourth-order valence-corrected chi connectivity index (χ4v) is 4.39. The number of aryl methyl sites for hydroxylation is 2. The van der Waals surface area contributed by atoms with Gasteiger partial charge in [-0.25, -0.2) is 4.98 Å². The average Bonchev–Trinajstić information content (AvgIpc) is 3.09. The van der Waals surface area contributed by atoms with Crippen LogP contribution >= 0.6 is 11.3 Å². The molecule has 0 unspecified atom stereocenters. The second-order valence-corrected chi connectivity index (χ2v) is 7.93. The molecule has 1 aliphatic heterocycles. The molecule has 1 amide bonds. The van der Waals surface area contributed by atoms with Crippen LogP contribution in [0.2, 0.25) is 0 Å². The Balaban J connectivity index is 1.32. The van der Waals surface area contributed by atoms with Gasteiger partial charge in [-0.2, -0.15) is 0 Å². The summed E-state index contributed by atoms with van der Waals surface area (Å²) in [5.74, 6) is 0.00744. The van der Waals surface area contributed by atoms with Crippen LogP contribution < -0.4 is 5.32 Å². The maximum absolute atomic E-state index is 12.4. The van der Waals surface area contributed by atoms with Gasteiger partial charge in [0.1, 0.15) is 0 Å². The average molecular weight is 372 g/mol. The van der Waals surface area contributed by atoms with Crippen LogP contribution in [0, 0.1) is 0 Å². The number of carbonyl (C=O) groups excluding carboxylic acids is 1. The van der Waals surface area contributed by atoms with Crippen LogP contribution in [0.4, 0.5) is 5.13 Å². The normalized spacial score (nSPS) is 17.7. The summed E-state index contributed by atoms with van der Waals surface area (Å²) < 4.78 is 5.37. The van der Waals surface area contributed by atoms with E-state index in [9.17, 15) is 4.79 Å². The summed E-state index contributed by atoms with van der Waals surface area (Å²) in [6.07, 6.45) is 5.26. The Morgan fingerprint density at radius 2 is 2.00 bits per heavy atom. The number of anilines is 1. The van der Waals surface area contributed by atoms with Crippen LogP contribution in [0.3, 0.4) is 0 Å². The van der Waals surface area contributed by atoms with E-state index in [-0.39, 0.29) is 5.91 Å². The third kappa shape index (κ3) is 4.50. The first-order valence-corrected chi connectivity index (χ1v) is 10.3. The minimum Gasteiger partial charge on any atom is -0.379 e. The van der Waals surface area contributed by atoms with Crippen molar-refractivity contribution in [2.45, 2.75) is 38.6 Å². The summed E-state index contributed by atoms with van der Waals surface area (Å²) in [6.45, 7) is 4.28. The largest absolute Gasteiger partial charge is 0.379 e. The third-order valence-electron chi connectivity index (χ3n) is 5.06. The Morgan fingerprint density at radius 3 is 2.85 bits per heavy atom. The summed E-state index contributed by atoms with van der Waals surface area (Å²) in [5.41, 5.74) is 4.98. The summed E-state index contributed by atoms with van der Waals surface area (Å²) in [6, 6.07) is 6.50. The lowest BCUT2D eigenvalue weighted by molar-refractivity contribution is -0.115. The minimum atomic E-state index is 0.00744. The molecule has 1 aliphatic carbocycles. The van der Waals surface area contributed by atoms with E-state index >= 15 is 0 Å². The van der Waals surface area contributed by atoms with Crippen molar-refractivity contribution in [3.05, 3.63) is 46.0 Å². The van der Waals surface area contributed by atoms with Gasteiger partial charge in [-0.1, -0.05) is 18.2 Å². The van der Waals surface area contributed by atoms with Gasteiger partial charge in [0.2, 0.25) is 5.91 Å². The number of aromatic nitrogens is 1. The highest BCUT2D eigenvalue weighted by Crippen LogP contribution is 2.23. The van der Waals surface area contributed by atoms with Crippen LogP contribution in [0.5, 0.6) is 0 Å². The van der Waals surface area contributed by atoms with Crippen molar-refractivity contribution in [1.29, 1.82) is 0 Å². The van der Waals surface area contributed by atoms with Gasteiger partial charge < -0.3 is 10.1 Å². The molecule has 2 heterocycles. The molecule has 0 spiro atoms. The summed E-state index contributed by atoms with van der Waals surface area (Å²) in [4.78, 5) is 19.3. The molecule has 0 radical (unpaired) electrons. The van der Waals surface area contributed by atoms with Gasteiger partial charge in [0, 0.05) is 25.0 Å². The molecule has 4 rings (SSSR count). The monoisotopic (exact) mass is 371 g/mol. The van der Waals surface area contributed by atoms with Crippen molar-refractivity contribution in [3.8, 4) is 0 Å². The number of ether oxygens (including phenoxy) is 1. The van der Waals surface area contributed by atoms with Gasteiger partial charge in [0.15, 0.2) is 5.13 Å². The summed E-state index contributed by atoms with van der Waals surface area (Å²) >= 11 is 1.50. The van der Waals surface area contributed by atoms with E-state index in [1.165, 1.54) is 41.7 Å². The topological polar surface area (TPSA) is 54.5 Å². The second kappa shape index (κ2) is 8.29. The summed E-state index contributed by atoms with van der Waals surface area (Å²) in [5, 5.41) is 5.68. The predicted octanol–water partition coefficient (Wildman–Crippen LogP) is 3.04. The highest BCUT2D eigenvalue weighted by atomic mass is 32.1. The number of nitrogens with one attached hydrogen (secondary N) is 1. The molecule has 1 fully saturated rings. The first-order valence-electron chi connectivity index (χ1n) is 9.41. The van der Waals surface area contributed by atoms with E-state index in [4.69, 9.17) is 4.74 Å². The number of thiazole rings is 1. The van der Waals surface area contributed by atoms with Crippen LogP contribution in [-0.2, 0) is 35.3 Å². The maximum Gasteiger partial charge on any atom is 0.230 e. The fraction of sp³-hybridized carbons (Fsp3) is 0.500. The van der Waals surface area contributed by atoms with Crippen molar-refractivity contribution in [2.75, 3.05) is 31.6 Å². The molecule has 1 aromatic carbocycles. The predicted molar refractivity (Wildman–Crippen MR) is 104 cm³/mol. The Morgan fingerprint density at radius 1 is 1.19 bits per heavy atom. The number of morpholine rings is 1. The van der Waals surface area contributed by atoms with Gasteiger partial charge in [0.25, 0.3) is 0 Å². The molecule has 26 heavy (non-hydrogen) atoms. The van der Waals surface area contributed by atoms with E-state index in [0.717, 1.165) is 50.5 Å². The molecular formula is C20H25N3O2S. The molecule has 6 heteroatoms. The number of hydrogen-bond donors (Lipinski definition) is 1. The fourth-order valence-electron chi connectivity index (χ4n) is 3.67. The minimum absolute atomic E-state index is 0.00744. The number of amides is 1. The van der Waals surface area contributed by atoms with Gasteiger partial charge in [-0.15, -0.1) is 11.3 Å². The van der Waals surface area contributed by atoms with Crippen molar-refractivity contribution >= 4 is 22.4 Å². The highest BCUT2D eigenvalue weighted by Gasteiger charge is 2.14. The number of benzene rings is 1. The molecule has 1 N–H and O–H groups in total. The van der Waals surface area contributed by atoms with Crippen LogP contribution in [-0.4, -0.2) is 42.1 Å². The van der Waals surface area contributed by atoms with Gasteiger partial charge >= 0.3 is 0 Å². The van der Waals surface area contributed by atoms with Gasteiger partial charge in [-0.3, -0.25) is 9.69 Å². The van der Waals surface area contributed by atoms with E-state index in [1.807, 2.05) is 5.38 Å². The second-order valence-electron chi connectivity index (χ2n) is 7.07. The molecular weight excluding hydrogens is 346 g/mol. The zero-order valence-electron chi connectivity index (χ0n) is 15.0. The van der Waals surface area contributed by atoms with E-state index in [1.54, 1.807) is 0 Å². The zero-order chi connectivity index (χ0) is 17.8. The first-order chi connectivity index (χ1) is 12.8. The van der Waals surface area contributed by atoms with Crippen LogP contribution in [0.15, 0.2) is 23.6 Å². The lowest BCUT2D eigenvalue weighted by Gasteiger charge is -2.25. The van der Waals surface area contributed by atoms with Gasteiger partial charge in [0.05, 0.1) is 25.3 Å². The molecule has 1 saturated heterocycles. The lowest BCUT2D eigenvalue weighted by Crippen LogP contribution is -2.35. The lowest BCUT2D eigenvalue weighted by atomic mass is 9.90. The Kier molecular flexibility index (Phi) is 5.62. The Hall–Kier alpha value is -1.76. The number of rotatable bonds is 5. The maximum atomic E-state index is 12.4. The smallest absolute Gasteiger partial charge is 0.230 e. The standard InChI is InChI=1S/C20H25N3O2S/c24-19(12-15-5-6-16-3-1-2-4-17(16)11-15)22-20-21-18(14-26-20)13-23-7-9-25-10-8-23/h5-6,11,14H,1-4,7-10,12-13H2,(H,21,22,24). The van der Waals surface area contributed by atoms with Crippen molar-refractivity contribution < 1.29 is 9.53 Å². The molecule has 0 bridgehead atoms. The summed E-state index contributed by atoms with van der Waals surface area (Å²) in [7, 11) is 0. The van der Waals surface area contributed by atoms with E-state index in [2.05, 4.69) is 33.4 Å². The van der Waals surface area contributed by atoms with Crippen LogP contribution in [0.1, 0.15) is 35.2 Å². The molecule has 1 aromatic heterocycles. The molecule has 5 nitrogen and oxygen atoms in total. The molecule has 2 aromatic rings. The first kappa shape index (κ1) is 17.6. The Bertz CT molecular complexity index is 768. The molecule has 0 atom stereocenters. The van der Waals surface area contributed by atoms with Crippen molar-refractivity contribution in [3.63, 3.8) is 0 Å². The zero-order valence-corrected chi connectivity index (χ0v) is 15.8. The van der Waals surface area contributed by atoms with Crippen molar-refractivity contribution in [2.24, 2.45) is 0 Å². The third-order valence-corrected chi connectivity index (χ3v) is 5.87. The number of carbonyl (C=O) groups is 1. The van der Waals surface area contributed by atoms with E-state index < -0.39 is 0 Å². The van der Waals surface area contributed by atoms with Crippen molar-refractivity contribution in [1.82, 2.24) is 9.88 Å².